The van der Waals surface area contributed by atoms with Crippen LogP contribution in [0.1, 0.15) is 12.5 Å². The molecule has 0 radical (unpaired) electrons. The number of hydrogen-bond donors (Lipinski definition) is 1. The van der Waals surface area contributed by atoms with Crippen molar-refractivity contribution in [1.82, 2.24) is 4.90 Å². The van der Waals surface area contributed by atoms with E-state index < -0.39 is 18.1 Å². The third-order valence-electron chi connectivity index (χ3n) is 3.30. The van der Waals surface area contributed by atoms with Gasteiger partial charge in [-0.05, 0) is 5.56 Å². The summed E-state index contributed by atoms with van der Waals surface area (Å²) in [5.41, 5.74) is 0.883. The van der Waals surface area contributed by atoms with E-state index >= 15 is 0 Å². The largest absolute Gasteiger partial charge is 0.445 e. The molecule has 0 spiro atoms. The Hall–Kier alpha value is -1.88. The van der Waals surface area contributed by atoms with Gasteiger partial charge in [0.25, 0.3) is 0 Å². The average Bonchev–Trinajstić information content (AvgIpc) is 2.42. The standard InChI is InChI=1S/C14H17NO4/c1-10-12(16)7-15(8-13(10)17)14(18)19-9-11-5-3-2-4-6-11/h2-6,10,12,16H,7-9H2,1H3. The molecule has 1 saturated heterocycles. The van der Waals surface area contributed by atoms with E-state index in [2.05, 4.69) is 0 Å². The fourth-order valence-corrected chi connectivity index (χ4v) is 1.94. The molecule has 102 valence electrons. The highest BCUT2D eigenvalue weighted by Crippen LogP contribution is 2.15. The molecule has 19 heavy (non-hydrogen) atoms. The Labute approximate surface area is 111 Å². The molecule has 0 aromatic heterocycles. The zero-order chi connectivity index (χ0) is 13.8. The summed E-state index contributed by atoms with van der Waals surface area (Å²) in [6.07, 6.45) is -1.38. The predicted molar refractivity (Wildman–Crippen MR) is 68.4 cm³/mol. The lowest BCUT2D eigenvalue weighted by atomic mass is 9.95. The van der Waals surface area contributed by atoms with Crippen LogP contribution in [0.25, 0.3) is 0 Å². The Kier molecular flexibility index (Phi) is 4.16. The third-order valence-corrected chi connectivity index (χ3v) is 3.30. The van der Waals surface area contributed by atoms with E-state index in [1.807, 2.05) is 30.3 Å². The molecule has 1 heterocycles. The number of benzene rings is 1. The molecule has 1 aromatic rings. The number of ketones is 1. The highest BCUT2D eigenvalue weighted by atomic mass is 16.6. The van der Waals surface area contributed by atoms with Crippen LogP contribution in [0.3, 0.4) is 0 Å². The number of likely N-dealkylation sites (tertiary alicyclic amines) is 1. The SMILES string of the molecule is CC1C(=O)CN(C(=O)OCc2ccccc2)CC1O. The van der Waals surface area contributed by atoms with Crippen molar-refractivity contribution in [3.63, 3.8) is 0 Å². The summed E-state index contributed by atoms with van der Waals surface area (Å²) in [5.74, 6) is -0.561. The van der Waals surface area contributed by atoms with Gasteiger partial charge in [-0.15, -0.1) is 0 Å². The van der Waals surface area contributed by atoms with Crippen molar-refractivity contribution in [2.24, 2.45) is 5.92 Å². The molecule has 1 aliphatic rings. The Bertz CT molecular complexity index is 460. The second-order valence-corrected chi connectivity index (χ2v) is 4.74. The molecule has 1 N–H and O–H groups in total. The van der Waals surface area contributed by atoms with Crippen LogP contribution in [0.4, 0.5) is 4.79 Å². The molecule has 2 unspecified atom stereocenters. The number of aliphatic hydroxyl groups excluding tert-OH is 1. The van der Waals surface area contributed by atoms with E-state index in [1.165, 1.54) is 4.90 Å². The first kappa shape index (κ1) is 13.5. The van der Waals surface area contributed by atoms with Crippen LogP contribution in [-0.4, -0.2) is 41.1 Å². The Morgan fingerprint density at radius 2 is 2.11 bits per heavy atom. The van der Waals surface area contributed by atoms with Gasteiger partial charge in [-0.3, -0.25) is 9.69 Å². The summed E-state index contributed by atoms with van der Waals surface area (Å²) in [5, 5.41) is 9.68. The molecule has 1 amide bonds. The number of aliphatic hydroxyl groups is 1. The minimum atomic E-state index is -0.814. The molecule has 1 fully saturated rings. The first-order chi connectivity index (χ1) is 9.08. The van der Waals surface area contributed by atoms with Crippen LogP contribution >= 0.6 is 0 Å². The van der Waals surface area contributed by atoms with Gasteiger partial charge in [-0.25, -0.2) is 4.79 Å². The normalized spacial score (nSPS) is 23.3. The van der Waals surface area contributed by atoms with Gasteiger partial charge < -0.3 is 9.84 Å². The summed E-state index contributed by atoms with van der Waals surface area (Å²) >= 11 is 0. The van der Waals surface area contributed by atoms with E-state index in [-0.39, 0.29) is 25.5 Å². The molecule has 1 aromatic carbocycles. The molecule has 2 atom stereocenters. The highest BCUT2D eigenvalue weighted by molar-refractivity contribution is 5.87. The van der Waals surface area contributed by atoms with Gasteiger partial charge in [0.1, 0.15) is 6.61 Å². The molecule has 5 heteroatoms. The first-order valence-corrected chi connectivity index (χ1v) is 6.24. The number of carbonyl (C=O) groups is 2. The lowest BCUT2D eigenvalue weighted by molar-refractivity contribution is -0.131. The monoisotopic (exact) mass is 263 g/mol. The first-order valence-electron chi connectivity index (χ1n) is 6.24. The van der Waals surface area contributed by atoms with Crippen molar-refractivity contribution in [2.45, 2.75) is 19.6 Å². The number of carbonyl (C=O) groups excluding carboxylic acids is 2. The maximum Gasteiger partial charge on any atom is 0.410 e. The molecule has 5 nitrogen and oxygen atoms in total. The van der Waals surface area contributed by atoms with Crippen molar-refractivity contribution >= 4 is 11.9 Å². The smallest absolute Gasteiger partial charge is 0.410 e. The number of hydrogen-bond acceptors (Lipinski definition) is 4. The van der Waals surface area contributed by atoms with Gasteiger partial charge in [0, 0.05) is 5.92 Å². The molecule has 0 saturated carbocycles. The van der Waals surface area contributed by atoms with Gasteiger partial charge in [0.15, 0.2) is 5.78 Å². The van der Waals surface area contributed by atoms with Crippen LogP contribution in [0.15, 0.2) is 30.3 Å². The van der Waals surface area contributed by atoms with Crippen molar-refractivity contribution < 1.29 is 19.4 Å². The Morgan fingerprint density at radius 3 is 2.74 bits per heavy atom. The number of Topliss-reactive ketones (excluding diaryl/α,β-unsaturated/α-hetero) is 1. The Morgan fingerprint density at radius 1 is 1.42 bits per heavy atom. The van der Waals surface area contributed by atoms with E-state index in [0.29, 0.717) is 0 Å². The minimum absolute atomic E-state index is 0.00580. The maximum absolute atomic E-state index is 11.8. The van der Waals surface area contributed by atoms with Crippen LogP contribution in [0, 0.1) is 5.92 Å². The summed E-state index contributed by atoms with van der Waals surface area (Å²) in [6, 6.07) is 9.31. The molecular formula is C14H17NO4. The van der Waals surface area contributed by atoms with Gasteiger partial charge in [-0.2, -0.15) is 0 Å². The number of nitrogens with zero attached hydrogens (tertiary/aromatic N) is 1. The average molecular weight is 263 g/mol. The third kappa shape index (κ3) is 3.32. The van der Waals surface area contributed by atoms with Crippen molar-refractivity contribution in [1.29, 1.82) is 0 Å². The molecule has 1 aliphatic heterocycles. The quantitative estimate of drug-likeness (QED) is 0.870. The van der Waals surface area contributed by atoms with Gasteiger partial charge >= 0.3 is 6.09 Å². The summed E-state index contributed by atoms with van der Waals surface area (Å²) < 4.78 is 5.12. The van der Waals surface area contributed by atoms with Crippen molar-refractivity contribution in [3.8, 4) is 0 Å². The van der Waals surface area contributed by atoms with E-state index in [0.717, 1.165) is 5.56 Å². The zero-order valence-electron chi connectivity index (χ0n) is 10.8. The molecule has 0 aliphatic carbocycles. The predicted octanol–water partition coefficient (Wildman–Crippen LogP) is 1.20. The van der Waals surface area contributed by atoms with E-state index in [1.54, 1.807) is 6.92 Å². The van der Waals surface area contributed by atoms with E-state index in [4.69, 9.17) is 4.74 Å². The number of rotatable bonds is 2. The lowest BCUT2D eigenvalue weighted by Crippen LogP contribution is -2.51. The van der Waals surface area contributed by atoms with Crippen LogP contribution in [0.5, 0.6) is 0 Å². The van der Waals surface area contributed by atoms with Crippen molar-refractivity contribution in [3.05, 3.63) is 35.9 Å². The van der Waals surface area contributed by atoms with Gasteiger partial charge in [0.2, 0.25) is 0 Å². The van der Waals surface area contributed by atoms with Crippen molar-refractivity contribution in [2.75, 3.05) is 13.1 Å². The summed E-state index contributed by atoms with van der Waals surface area (Å²) in [4.78, 5) is 24.6. The maximum atomic E-state index is 11.8. The molecule has 2 rings (SSSR count). The van der Waals surface area contributed by atoms with Gasteiger partial charge in [-0.1, -0.05) is 37.3 Å². The number of ether oxygens (including phenoxy) is 1. The number of β-amino-alcohol motifs (C(OH)–C–C–N with tert-alkyl or cyclic N) is 1. The fraction of sp³-hybridized carbons (Fsp3) is 0.429. The second kappa shape index (κ2) is 5.84. The molecular weight excluding hydrogens is 246 g/mol. The minimum Gasteiger partial charge on any atom is -0.445 e. The van der Waals surface area contributed by atoms with Crippen LogP contribution < -0.4 is 0 Å². The highest BCUT2D eigenvalue weighted by Gasteiger charge is 2.34. The number of piperidine rings is 1. The van der Waals surface area contributed by atoms with Crippen LogP contribution in [-0.2, 0) is 16.1 Å². The second-order valence-electron chi connectivity index (χ2n) is 4.74. The van der Waals surface area contributed by atoms with Crippen LogP contribution in [0.2, 0.25) is 0 Å². The summed E-state index contributed by atoms with van der Waals surface area (Å²) in [6.45, 7) is 1.97. The molecule has 0 bridgehead atoms. The Balaban J connectivity index is 1.88. The topological polar surface area (TPSA) is 66.8 Å². The summed E-state index contributed by atoms with van der Waals surface area (Å²) in [7, 11) is 0. The van der Waals surface area contributed by atoms with Gasteiger partial charge in [0.05, 0.1) is 19.2 Å². The van der Waals surface area contributed by atoms with E-state index in [9.17, 15) is 14.7 Å². The lowest BCUT2D eigenvalue weighted by Gasteiger charge is -2.32. The zero-order valence-corrected chi connectivity index (χ0v) is 10.8. The number of amides is 1. The fourth-order valence-electron chi connectivity index (χ4n) is 1.94.